The number of hydrogen-bond acceptors (Lipinski definition) is 3. The van der Waals surface area contributed by atoms with Crippen LogP contribution in [0.25, 0.3) is 0 Å². The van der Waals surface area contributed by atoms with E-state index < -0.39 is 0 Å². The van der Waals surface area contributed by atoms with Crippen LogP contribution in [0.15, 0.2) is 0 Å². The third kappa shape index (κ3) is 2.99. The molecule has 1 saturated heterocycles. The van der Waals surface area contributed by atoms with Gasteiger partial charge in [-0.15, -0.1) is 0 Å². The summed E-state index contributed by atoms with van der Waals surface area (Å²) in [6.45, 7) is 11.0. The highest BCUT2D eigenvalue weighted by Crippen LogP contribution is 2.44. The van der Waals surface area contributed by atoms with Gasteiger partial charge in [0.05, 0.1) is 5.54 Å². The van der Waals surface area contributed by atoms with Gasteiger partial charge in [-0.05, 0) is 32.1 Å². The molecule has 0 radical (unpaired) electrons. The van der Waals surface area contributed by atoms with Gasteiger partial charge in [0, 0.05) is 32.7 Å². The van der Waals surface area contributed by atoms with Gasteiger partial charge in [-0.25, -0.2) is 0 Å². The number of hydrogen-bond donors (Lipinski definition) is 2. The number of amides is 1. The summed E-state index contributed by atoms with van der Waals surface area (Å²) < 4.78 is 0. The van der Waals surface area contributed by atoms with E-state index >= 15 is 0 Å². The number of rotatable bonds is 4. The van der Waals surface area contributed by atoms with Gasteiger partial charge in [0.25, 0.3) is 0 Å². The van der Waals surface area contributed by atoms with Gasteiger partial charge in [0.15, 0.2) is 0 Å². The van der Waals surface area contributed by atoms with Crippen molar-refractivity contribution in [3.05, 3.63) is 0 Å². The van der Waals surface area contributed by atoms with E-state index in [1.165, 1.54) is 12.8 Å². The van der Waals surface area contributed by atoms with Crippen molar-refractivity contribution in [2.45, 2.75) is 39.2 Å². The Morgan fingerprint density at radius 2 is 1.94 bits per heavy atom. The predicted octanol–water partition coefficient (Wildman–Crippen LogP) is 0.587. The molecule has 2 aliphatic rings. The average Bonchev–Trinajstić information content (AvgIpc) is 3.06. The monoisotopic (exact) mass is 239 g/mol. The van der Waals surface area contributed by atoms with E-state index in [1.54, 1.807) is 0 Å². The van der Waals surface area contributed by atoms with E-state index in [4.69, 9.17) is 0 Å². The highest BCUT2D eigenvalue weighted by atomic mass is 16.2. The Morgan fingerprint density at radius 3 is 2.47 bits per heavy atom. The Labute approximate surface area is 104 Å². The first kappa shape index (κ1) is 12.8. The summed E-state index contributed by atoms with van der Waals surface area (Å²) >= 11 is 0. The molecule has 1 aliphatic heterocycles. The first-order valence-corrected chi connectivity index (χ1v) is 6.68. The van der Waals surface area contributed by atoms with E-state index in [2.05, 4.69) is 22.5 Å². The highest BCUT2D eigenvalue weighted by molar-refractivity contribution is 5.85. The summed E-state index contributed by atoms with van der Waals surface area (Å²) in [7, 11) is 0. The Bertz CT molecular complexity index is 291. The maximum absolute atomic E-state index is 12.3. The second-order valence-electron chi connectivity index (χ2n) is 6.29. The molecule has 0 unspecified atom stereocenters. The lowest BCUT2D eigenvalue weighted by Gasteiger charge is -2.40. The molecular weight excluding hydrogens is 214 g/mol. The molecule has 0 aromatic heterocycles. The highest BCUT2D eigenvalue weighted by Gasteiger charge is 2.40. The molecule has 98 valence electrons. The lowest BCUT2D eigenvalue weighted by Crippen LogP contribution is -2.60. The summed E-state index contributed by atoms with van der Waals surface area (Å²) in [6.07, 6.45) is 2.50. The van der Waals surface area contributed by atoms with Crippen LogP contribution in [0.4, 0.5) is 0 Å². The molecule has 2 N–H and O–H groups in total. The van der Waals surface area contributed by atoms with Crippen molar-refractivity contribution in [3.63, 3.8) is 0 Å². The third-order valence-electron chi connectivity index (χ3n) is 4.24. The van der Waals surface area contributed by atoms with Crippen molar-refractivity contribution in [1.82, 2.24) is 15.5 Å². The van der Waals surface area contributed by atoms with Gasteiger partial charge in [0.1, 0.15) is 0 Å². The van der Waals surface area contributed by atoms with Crippen molar-refractivity contribution in [2.24, 2.45) is 5.41 Å². The summed E-state index contributed by atoms with van der Waals surface area (Å²) in [5.41, 5.74) is 0.00252. The maximum atomic E-state index is 12.3. The van der Waals surface area contributed by atoms with E-state index in [0.29, 0.717) is 5.41 Å². The average molecular weight is 239 g/mol. The van der Waals surface area contributed by atoms with E-state index in [9.17, 15) is 4.79 Å². The van der Waals surface area contributed by atoms with Crippen LogP contribution in [-0.4, -0.2) is 49.1 Å². The number of nitrogens with one attached hydrogen (secondary N) is 2. The lowest BCUT2D eigenvalue weighted by molar-refractivity contribution is -0.132. The zero-order chi connectivity index (χ0) is 12.5. The van der Waals surface area contributed by atoms with Gasteiger partial charge in [-0.3, -0.25) is 9.69 Å². The van der Waals surface area contributed by atoms with Crippen LogP contribution in [0.5, 0.6) is 0 Å². The van der Waals surface area contributed by atoms with Crippen LogP contribution < -0.4 is 10.6 Å². The van der Waals surface area contributed by atoms with Crippen LogP contribution in [0.3, 0.4) is 0 Å². The largest absolute Gasteiger partial charge is 0.354 e. The van der Waals surface area contributed by atoms with Crippen LogP contribution in [0.2, 0.25) is 0 Å². The van der Waals surface area contributed by atoms with Gasteiger partial charge < -0.3 is 10.6 Å². The van der Waals surface area contributed by atoms with Crippen LogP contribution >= 0.6 is 0 Å². The fraction of sp³-hybridized carbons (Fsp3) is 0.923. The molecule has 1 heterocycles. The normalized spacial score (nSPS) is 24.4. The Morgan fingerprint density at radius 1 is 1.35 bits per heavy atom. The molecule has 0 aromatic carbocycles. The third-order valence-corrected chi connectivity index (χ3v) is 4.24. The molecule has 4 heteroatoms. The maximum Gasteiger partial charge on any atom is 0.239 e. The molecule has 0 bridgehead atoms. The number of nitrogens with zero attached hydrogens (tertiary/aromatic N) is 1. The van der Waals surface area contributed by atoms with Crippen molar-refractivity contribution < 1.29 is 4.79 Å². The van der Waals surface area contributed by atoms with E-state index in [0.717, 1.165) is 32.7 Å². The molecule has 2 fully saturated rings. The second-order valence-corrected chi connectivity index (χ2v) is 6.29. The van der Waals surface area contributed by atoms with E-state index in [1.807, 2.05) is 13.8 Å². The lowest BCUT2D eigenvalue weighted by atomic mass is 10.00. The fourth-order valence-corrected chi connectivity index (χ4v) is 2.27. The molecule has 4 nitrogen and oxygen atoms in total. The minimum Gasteiger partial charge on any atom is -0.354 e. The van der Waals surface area contributed by atoms with Crippen molar-refractivity contribution in [2.75, 3.05) is 32.7 Å². The molecular formula is C13H25N3O. The predicted molar refractivity (Wildman–Crippen MR) is 68.9 cm³/mol. The smallest absolute Gasteiger partial charge is 0.239 e. The molecule has 2 rings (SSSR count). The van der Waals surface area contributed by atoms with Crippen LogP contribution in [0, 0.1) is 5.41 Å². The molecule has 1 amide bonds. The minimum atomic E-state index is -0.382. The first-order chi connectivity index (χ1) is 7.94. The molecule has 0 aromatic rings. The van der Waals surface area contributed by atoms with Crippen molar-refractivity contribution >= 4 is 5.91 Å². The summed E-state index contributed by atoms with van der Waals surface area (Å²) in [5, 5.41) is 6.44. The van der Waals surface area contributed by atoms with Gasteiger partial charge in [0.2, 0.25) is 5.91 Å². The first-order valence-electron chi connectivity index (χ1n) is 6.68. The standard InChI is InChI=1S/C13H25N3O/c1-12(2,16-8-6-14-7-9-16)11(17)15-10-13(3)4-5-13/h14H,4-10H2,1-3H3,(H,15,17). The summed E-state index contributed by atoms with van der Waals surface area (Å²) in [4.78, 5) is 14.5. The van der Waals surface area contributed by atoms with Gasteiger partial charge >= 0.3 is 0 Å². The molecule has 0 spiro atoms. The quantitative estimate of drug-likeness (QED) is 0.754. The summed E-state index contributed by atoms with van der Waals surface area (Å²) in [5.74, 6) is 0.174. The van der Waals surface area contributed by atoms with E-state index in [-0.39, 0.29) is 11.4 Å². The minimum absolute atomic E-state index is 0.174. The zero-order valence-electron chi connectivity index (χ0n) is 11.3. The van der Waals surface area contributed by atoms with Crippen LogP contribution in [-0.2, 0) is 4.79 Å². The molecule has 1 saturated carbocycles. The molecule has 1 aliphatic carbocycles. The van der Waals surface area contributed by atoms with Crippen LogP contribution in [0.1, 0.15) is 33.6 Å². The zero-order valence-corrected chi connectivity index (χ0v) is 11.3. The molecule has 0 atom stereocenters. The topological polar surface area (TPSA) is 44.4 Å². The number of carbonyl (C=O) groups is 1. The fourth-order valence-electron chi connectivity index (χ4n) is 2.27. The number of piperazine rings is 1. The molecule has 17 heavy (non-hydrogen) atoms. The Kier molecular flexibility index (Phi) is 3.46. The van der Waals surface area contributed by atoms with Gasteiger partial charge in [-0.1, -0.05) is 6.92 Å². The Balaban J connectivity index is 1.86. The van der Waals surface area contributed by atoms with Gasteiger partial charge in [-0.2, -0.15) is 0 Å². The SMILES string of the molecule is CC1(CNC(=O)C(C)(C)N2CCNCC2)CC1. The second kappa shape index (κ2) is 4.58. The van der Waals surface area contributed by atoms with Crippen molar-refractivity contribution in [3.8, 4) is 0 Å². The Hall–Kier alpha value is -0.610. The number of carbonyl (C=O) groups excluding carboxylic acids is 1. The summed E-state index contributed by atoms with van der Waals surface area (Å²) in [6, 6.07) is 0. The van der Waals surface area contributed by atoms with Crippen molar-refractivity contribution in [1.29, 1.82) is 0 Å².